The molecule has 1 amide bonds. The summed E-state index contributed by atoms with van der Waals surface area (Å²) in [5.41, 5.74) is 6.49. The Bertz CT molecular complexity index is 868. The molecule has 0 aliphatic carbocycles. The van der Waals surface area contributed by atoms with Gasteiger partial charge in [-0.05, 0) is 49.1 Å². The van der Waals surface area contributed by atoms with Crippen LogP contribution in [0.15, 0.2) is 59.5 Å². The van der Waals surface area contributed by atoms with Crippen molar-refractivity contribution in [2.24, 2.45) is 11.7 Å². The first kappa shape index (κ1) is 24.1. The maximum Gasteiger partial charge on any atom is 0.251 e. The fourth-order valence-corrected chi connectivity index (χ4v) is 4.47. The molecule has 2 rings (SSSR count). The molecule has 0 spiro atoms. The second kappa shape index (κ2) is 10.0. The average Bonchev–Trinajstić information content (AvgIpc) is 2.61. The molecule has 28 heavy (non-hydrogen) atoms. The van der Waals surface area contributed by atoms with Gasteiger partial charge >= 0.3 is 0 Å². The smallest absolute Gasteiger partial charge is 0.251 e. The third kappa shape index (κ3) is 6.62. The molecule has 0 radical (unpaired) electrons. The zero-order valence-electron chi connectivity index (χ0n) is 16.5. The van der Waals surface area contributed by atoms with Gasteiger partial charge in [0.2, 0.25) is 0 Å². The fourth-order valence-electron chi connectivity index (χ4n) is 3.12. The van der Waals surface area contributed by atoms with Gasteiger partial charge in [-0.3, -0.25) is 4.79 Å². The Morgan fingerprint density at radius 3 is 2.14 bits per heavy atom. The lowest BCUT2D eigenvalue weighted by molar-refractivity contribution is 0.0898. The molecule has 5 nitrogen and oxygen atoms in total. The molecule has 3 N–H and O–H groups in total. The summed E-state index contributed by atoms with van der Waals surface area (Å²) >= 11 is 0. The van der Waals surface area contributed by atoms with Crippen LogP contribution in [0.1, 0.15) is 43.1 Å². The minimum atomic E-state index is -3.46. The number of nitrogens with two attached hydrogens (primary N) is 1. The van der Waals surface area contributed by atoms with E-state index in [1.165, 1.54) is 12.1 Å². The van der Waals surface area contributed by atoms with Crippen LogP contribution >= 0.6 is 12.4 Å². The second-order valence-corrected chi connectivity index (χ2v) is 9.58. The Hall–Kier alpha value is -1.89. The van der Waals surface area contributed by atoms with E-state index in [-0.39, 0.29) is 29.0 Å². The Morgan fingerprint density at radius 1 is 1.07 bits per heavy atom. The number of benzene rings is 2. The van der Waals surface area contributed by atoms with Crippen LogP contribution in [0.25, 0.3) is 0 Å². The highest BCUT2D eigenvalue weighted by Crippen LogP contribution is 2.19. The van der Waals surface area contributed by atoms with Gasteiger partial charge in [-0.2, -0.15) is 0 Å². The van der Waals surface area contributed by atoms with E-state index >= 15 is 0 Å². The van der Waals surface area contributed by atoms with Crippen LogP contribution in [0.5, 0.6) is 0 Å². The molecule has 0 aliphatic heterocycles. The van der Waals surface area contributed by atoms with Crippen molar-refractivity contribution in [3.63, 3.8) is 0 Å². The van der Waals surface area contributed by atoms with E-state index in [1.807, 2.05) is 25.1 Å². The number of halogens is 1. The highest BCUT2D eigenvalue weighted by atomic mass is 35.5. The first-order valence-corrected chi connectivity index (χ1v) is 10.7. The molecule has 2 aromatic rings. The van der Waals surface area contributed by atoms with Crippen LogP contribution in [0, 0.1) is 5.92 Å². The van der Waals surface area contributed by atoms with Crippen LogP contribution in [0.4, 0.5) is 0 Å². The number of rotatable bonds is 8. The maximum absolute atomic E-state index is 12.6. The van der Waals surface area contributed by atoms with Crippen molar-refractivity contribution in [2.75, 3.05) is 6.54 Å². The summed E-state index contributed by atoms with van der Waals surface area (Å²) < 4.78 is 25.1. The van der Waals surface area contributed by atoms with Gasteiger partial charge in [0, 0.05) is 17.6 Å². The minimum Gasteiger partial charge on any atom is -0.346 e. The summed E-state index contributed by atoms with van der Waals surface area (Å²) in [6.45, 7) is 6.41. The van der Waals surface area contributed by atoms with Crippen molar-refractivity contribution in [3.8, 4) is 0 Å². The maximum atomic E-state index is 12.6. The SMILES string of the molecule is CC(C)CC(C)(CN)NC(=O)c1ccc(S(=O)(=O)Cc2ccccc2)cc1.Cl. The van der Waals surface area contributed by atoms with Gasteiger partial charge in [-0.25, -0.2) is 8.42 Å². The van der Waals surface area contributed by atoms with Crippen molar-refractivity contribution in [1.29, 1.82) is 0 Å². The predicted molar refractivity (Wildman–Crippen MR) is 115 cm³/mol. The lowest BCUT2D eigenvalue weighted by Crippen LogP contribution is -2.52. The van der Waals surface area contributed by atoms with Crippen LogP contribution in [-0.2, 0) is 15.6 Å². The van der Waals surface area contributed by atoms with Crippen molar-refractivity contribution >= 4 is 28.2 Å². The topological polar surface area (TPSA) is 89.3 Å². The number of hydrogen-bond donors (Lipinski definition) is 2. The summed E-state index contributed by atoms with van der Waals surface area (Å²) in [6, 6.07) is 15.1. The highest BCUT2D eigenvalue weighted by molar-refractivity contribution is 7.90. The van der Waals surface area contributed by atoms with Crippen LogP contribution in [0.3, 0.4) is 0 Å². The number of hydrogen-bond acceptors (Lipinski definition) is 4. The number of carbonyl (C=O) groups excluding carboxylic acids is 1. The number of carbonyl (C=O) groups is 1. The van der Waals surface area contributed by atoms with Crippen molar-refractivity contribution < 1.29 is 13.2 Å². The standard InChI is InChI=1S/C21H28N2O3S.ClH/c1-16(2)13-21(3,15-22)23-20(24)18-9-11-19(12-10-18)27(25,26)14-17-7-5-4-6-8-17;/h4-12,16H,13-15,22H2,1-3H3,(H,23,24);1H. The minimum absolute atomic E-state index is 0. The van der Waals surface area contributed by atoms with Gasteiger partial charge in [0.05, 0.1) is 10.6 Å². The average molecular weight is 425 g/mol. The van der Waals surface area contributed by atoms with Gasteiger partial charge < -0.3 is 11.1 Å². The van der Waals surface area contributed by atoms with Gasteiger partial charge in [0.25, 0.3) is 5.91 Å². The quantitative estimate of drug-likeness (QED) is 0.677. The number of nitrogens with one attached hydrogen (secondary N) is 1. The summed E-state index contributed by atoms with van der Waals surface area (Å²) in [6.07, 6.45) is 0.763. The van der Waals surface area contributed by atoms with E-state index in [0.717, 1.165) is 12.0 Å². The Morgan fingerprint density at radius 2 is 1.64 bits per heavy atom. The predicted octanol–water partition coefficient (Wildman–Crippen LogP) is 3.58. The van der Waals surface area contributed by atoms with Crippen molar-refractivity contribution in [2.45, 2.75) is 43.4 Å². The Balaban J connectivity index is 0.00000392. The zero-order valence-corrected chi connectivity index (χ0v) is 18.1. The molecule has 0 aromatic heterocycles. The summed E-state index contributed by atoms with van der Waals surface area (Å²) in [5, 5.41) is 2.98. The van der Waals surface area contributed by atoms with E-state index < -0.39 is 15.4 Å². The molecule has 7 heteroatoms. The zero-order chi connectivity index (χ0) is 20.1. The molecule has 0 bridgehead atoms. The lowest BCUT2D eigenvalue weighted by Gasteiger charge is -2.31. The first-order valence-electron chi connectivity index (χ1n) is 9.04. The van der Waals surface area contributed by atoms with Gasteiger partial charge in [0.1, 0.15) is 0 Å². The summed E-state index contributed by atoms with van der Waals surface area (Å²) in [4.78, 5) is 12.7. The van der Waals surface area contributed by atoms with E-state index in [9.17, 15) is 13.2 Å². The van der Waals surface area contributed by atoms with E-state index in [1.54, 1.807) is 24.3 Å². The van der Waals surface area contributed by atoms with Crippen LogP contribution in [0.2, 0.25) is 0 Å². The number of sulfone groups is 1. The second-order valence-electron chi connectivity index (χ2n) is 7.59. The van der Waals surface area contributed by atoms with Gasteiger partial charge in [0.15, 0.2) is 9.84 Å². The van der Waals surface area contributed by atoms with Crippen molar-refractivity contribution in [3.05, 3.63) is 65.7 Å². The molecule has 154 valence electrons. The molecular formula is C21H29ClN2O3S. The molecule has 0 aliphatic rings. The van der Waals surface area contributed by atoms with Crippen molar-refractivity contribution in [1.82, 2.24) is 5.32 Å². The van der Waals surface area contributed by atoms with Crippen LogP contribution < -0.4 is 11.1 Å². The third-order valence-electron chi connectivity index (χ3n) is 4.40. The van der Waals surface area contributed by atoms with E-state index in [0.29, 0.717) is 18.0 Å². The Kier molecular flexibility index (Phi) is 8.67. The summed E-state index contributed by atoms with van der Waals surface area (Å²) in [7, 11) is -3.46. The molecule has 0 heterocycles. The molecular weight excluding hydrogens is 396 g/mol. The van der Waals surface area contributed by atoms with E-state index in [4.69, 9.17) is 5.73 Å². The van der Waals surface area contributed by atoms with E-state index in [2.05, 4.69) is 19.2 Å². The monoisotopic (exact) mass is 424 g/mol. The molecule has 2 aromatic carbocycles. The van der Waals surface area contributed by atoms with Crippen LogP contribution in [-0.4, -0.2) is 26.4 Å². The molecule has 0 fully saturated rings. The van der Waals surface area contributed by atoms with Gasteiger partial charge in [-0.1, -0.05) is 44.2 Å². The third-order valence-corrected chi connectivity index (χ3v) is 6.10. The summed E-state index contributed by atoms with van der Waals surface area (Å²) in [5.74, 6) is 0.0684. The Labute approximate surface area is 174 Å². The normalized spacial score (nSPS) is 13.5. The molecule has 1 unspecified atom stereocenters. The first-order chi connectivity index (χ1) is 12.6. The van der Waals surface area contributed by atoms with Gasteiger partial charge in [-0.15, -0.1) is 12.4 Å². The largest absolute Gasteiger partial charge is 0.346 e. The molecule has 1 atom stereocenters. The highest BCUT2D eigenvalue weighted by Gasteiger charge is 2.26. The lowest BCUT2D eigenvalue weighted by atomic mass is 9.90. The molecule has 0 saturated carbocycles. The fraction of sp³-hybridized carbons (Fsp3) is 0.381. The molecule has 0 saturated heterocycles. The number of amides is 1.